The minimum Gasteiger partial charge on any atom is -0.350 e. The molecule has 1 saturated heterocycles. The lowest BCUT2D eigenvalue weighted by atomic mass is 10.1. The molecule has 0 bridgehead atoms. The number of hydrogen-bond acceptors (Lipinski definition) is 5. The summed E-state index contributed by atoms with van der Waals surface area (Å²) in [6, 6.07) is 10.6. The van der Waals surface area contributed by atoms with Gasteiger partial charge in [0.25, 0.3) is 11.8 Å². The molecule has 0 spiro atoms. The maximum absolute atomic E-state index is 12.6. The maximum atomic E-state index is 12.6. The van der Waals surface area contributed by atoms with E-state index >= 15 is 0 Å². The third-order valence-electron chi connectivity index (χ3n) is 4.98. The summed E-state index contributed by atoms with van der Waals surface area (Å²) in [5.74, 6) is -1.52. The summed E-state index contributed by atoms with van der Waals surface area (Å²) in [5.41, 5.74) is 1.30. The van der Waals surface area contributed by atoms with Crippen LogP contribution in [0.1, 0.15) is 17.4 Å². The van der Waals surface area contributed by atoms with Crippen LogP contribution < -0.4 is 10.6 Å². The number of nitrogens with zero attached hydrogens (tertiary/aromatic N) is 2. The van der Waals surface area contributed by atoms with Gasteiger partial charge in [-0.3, -0.25) is 24.6 Å². The Morgan fingerprint density at radius 3 is 2.71 bits per heavy atom. The lowest BCUT2D eigenvalue weighted by molar-refractivity contribution is -0.130. The smallest absolute Gasteiger partial charge is 0.331 e. The van der Waals surface area contributed by atoms with Crippen LogP contribution in [-0.4, -0.2) is 39.8 Å². The van der Waals surface area contributed by atoms with E-state index in [1.807, 2.05) is 41.8 Å². The molecule has 8 nitrogen and oxygen atoms in total. The van der Waals surface area contributed by atoms with Crippen LogP contribution in [0.3, 0.4) is 0 Å². The summed E-state index contributed by atoms with van der Waals surface area (Å²) in [4.78, 5) is 51.2. The van der Waals surface area contributed by atoms with E-state index in [9.17, 15) is 19.2 Å². The van der Waals surface area contributed by atoms with Crippen molar-refractivity contribution in [3.05, 3.63) is 64.0 Å². The van der Waals surface area contributed by atoms with Gasteiger partial charge >= 0.3 is 6.03 Å². The first-order valence-electron chi connectivity index (χ1n) is 9.73. The highest BCUT2D eigenvalue weighted by molar-refractivity contribution is 7.09. The van der Waals surface area contributed by atoms with Crippen molar-refractivity contribution in [3.63, 3.8) is 0 Å². The number of imide groups is 2. The molecule has 158 valence electrons. The zero-order chi connectivity index (χ0) is 22.0. The van der Waals surface area contributed by atoms with Crippen LogP contribution in [0.15, 0.2) is 53.5 Å². The highest BCUT2D eigenvalue weighted by Gasteiger charge is 2.34. The Morgan fingerprint density at radius 1 is 1.16 bits per heavy atom. The average Bonchev–Trinajstić information content (AvgIpc) is 3.38. The zero-order valence-electron chi connectivity index (χ0n) is 16.8. The van der Waals surface area contributed by atoms with Crippen molar-refractivity contribution in [3.8, 4) is 0 Å². The molecule has 0 saturated carbocycles. The average molecular weight is 436 g/mol. The van der Waals surface area contributed by atoms with Gasteiger partial charge < -0.3 is 9.88 Å². The second kappa shape index (κ2) is 8.57. The van der Waals surface area contributed by atoms with Crippen molar-refractivity contribution in [1.82, 2.24) is 20.1 Å². The van der Waals surface area contributed by atoms with Crippen molar-refractivity contribution in [2.45, 2.75) is 20.0 Å². The summed E-state index contributed by atoms with van der Waals surface area (Å²) in [7, 11) is 0. The van der Waals surface area contributed by atoms with E-state index in [-0.39, 0.29) is 24.6 Å². The number of para-hydroxylation sites is 1. The lowest BCUT2D eigenvalue weighted by Gasteiger charge is -2.24. The van der Waals surface area contributed by atoms with E-state index in [0.717, 1.165) is 20.7 Å². The van der Waals surface area contributed by atoms with E-state index in [0.29, 0.717) is 12.1 Å². The number of carbonyl (C=O) groups excluding carboxylic acids is 4. The van der Waals surface area contributed by atoms with E-state index in [1.165, 1.54) is 6.08 Å². The number of fused-ring (bicyclic) bond motifs is 1. The minimum absolute atomic E-state index is 0.0920. The summed E-state index contributed by atoms with van der Waals surface area (Å²) in [6.07, 6.45) is 3.20. The zero-order valence-corrected chi connectivity index (χ0v) is 17.6. The van der Waals surface area contributed by atoms with Crippen LogP contribution in [0, 0.1) is 0 Å². The Hall–Kier alpha value is -3.72. The molecule has 0 aliphatic carbocycles. The Balaban J connectivity index is 1.63. The largest absolute Gasteiger partial charge is 0.350 e. The highest BCUT2D eigenvalue weighted by Crippen LogP contribution is 2.25. The van der Waals surface area contributed by atoms with E-state index in [4.69, 9.17) is 0 Å². The normalized spacial score (nSPS) is 15.6. The number of urea groups is 1. The van der Waals surface area contributed by atoms with Gasteiger partial charge in [0, 0.05) is 34.1 Å². The predicted molar refractivity (Wildman–Crippen MR) is 117 cm³/mol. The van der Waals surface area contributed by atoms with Gasteiger partial charge in [0.15, 0.2) is 0 Å². The molecule has 2 N–H and O–H groups in total. The number of thiophene rings is 1. The first kappa shape index (κ1) is 20.5. The quantitative estimate of drug-likeness (QED) is 0.458. The number of nitrogens with one attached hydrogen (secondary N) is 2. The van der Waals surface area contributed by atoms with Gasteiger partial charge in [-0.2, -0.15) is 0 Å². The van der Waals surface area contributed by atoms with E-state index in [2.05, 4.69) is 10.6 Å². The molecule has 9 heteroatoms. The number of barbiturate groups is 1. The second-order valence-corrected chi connectivity index (χ2v) is 7.98. The Labute approximate surface area is 182 Å². The fourth-order valence-electron chi connectivity index (χ4n) is 3.47. The second-order valence-electron chi connectivity index (χ2n) is 6.95. The molecule has 0 unspecified atom stereocenters. The van der Waals surface area contributed by atoms with Crippen LogP contribution in [0.5, 0.6) is 0 Å². The molecule has 31 heavy (non-hydrogen) atoms. The number of aromatic nitrogens is 1. The third-order valence-corrected chi connectivity index (χ3v) is 5.85. The molecule has 1 aliphatic rings. The van der Waals surface area contributed by atoms with E-state index in [1.54, 1.807) is 29.0 Å². The van der Waals surface area contributed by atoms with Crippen LogP contribution in [0.4, 0.5) is 4.79 Å². The van der Waals surface area contributed by atoms with Crippen molar-refractivity contribution < 1.29 is 19.2 Å². The third kappa shape index (κ3) is 4.13. The van der Waals surface area contributed by atoms with Crippen LogP contribution in [0.2, 0.25) is 0 Å². The summed E-state index contributed by atoms with van der Waals surface area (Å²) < 4.78 is 1.78. The SMILES string of the molecule is CCN1C(=O)NC(=O)/C(=C\c2cn(CC(=O)NCc3cccs3)c3ccccc23)C1=O. The molecule has 2 aromatic heterocycles. The van der Waals surface area contributed by atoms with Gasteiger partial charge in [-0.05, 0) is 30.5 Å². The molecule has 1 fully saturated rings. The van der Waals surface area contributed by atoms with Crippen molar-refractivity contribution in [2.75, 3.05) is 6.54 Å². The summed E-state index contributed by atoms with van der Waals surface area (Å²) in [6.45, 7) is 2.37. The minimum atomic E-state index is -0.731. The highest BCUT2D eigenvalue weighted by atomic mass is 32.1. The van der Waals surface area contributed by atoms with Crippen molar-refractivity contribution in [2.24, 2.45) is 0 Å². The predicted octanol–water partition coefficient (Wildman–Crippen LogP) is 2.50. The van der Waals surface area contributed by atoms with Crippen LogP contribution in [0.25, 0.3) is 17.0 Å². The van der Waals surface area contributed by atoms with Crippen molar-refractivity contribution in [1.29, 1.82) is 0 Å². The maximum Gasteiger partial charge on any atom is 0.331 e. The van der Waals surface area contributed by atoms with Gasteiger partial charge in [0.05, 0.1) is 6.54 Å². The molecular weight excluding hydrogens is 416 g/mol. The number of carbonyl (C=O) groups is 4. The number of amides is 5. The lowest BCUT2D eigenvalue weighted by Crippen LogP contribution is -2.53. The number of likely N-dealkylation sites (N-methyl/N-ethyl adjacent to an activating group) is 1. The molecule has 5 amide bonds. The fraction of sp³-hybridized carbons (Fsp3) is 0.182. The van der Waals surface area contributed by atoms with Gasteiger partial charge in [-0.1, -0.05) is 24.3 Å². The monoisotopic (exact) mass is 436 g/mol. The Morgan fingerprint density at radius 2 is 1.97 bits per heavy atom. The first-order chi connectivity index (χ1) is 15.0. The molecule has 0 atom stereocenters. The summed E-state index contributed by atoms with van der Waals surface area (Å²) in [5, 5.41) is 7.83. The van der Waals surface area contributed by atoms with Gasteiger partial charge in [0.2, 0.25) is 5.91 Å². The Kier molecular flexibility index (Phi) is 5.68. The fourth-order valence-corrected chi connectivity index (χ4v) is 4.11. The molecule has 1 aliphatic heterocycles. The number of benzene rings is 1. The number of hydrogen-bond donors (Lipinski definition) is 2. The molecule has 3 aromatic rings. The standard InChI is InChI=1S/C22H20N4O4S/c1-2-26-21(29)17(20(28)24-22(26)30)10-14-12-25(18-8-4-3-7-16(14)18)13-19(27)23-11-15-6-5-9-31-15/h3-10,12H,2,11,13H2,1H3,(H,23,27)(H,24,28,30)/b17-10+. The number of rotatable bonds is 6. The van der Waals surface area contributed by atoms with Crippen LogP contribution in [-0.2, 0) is 27.5 Å². The molecule has 3 heterocycles. The Bertz CT molecular complexity index is 1210. The van der Waals surface area contributed by atoms with E-state index < -0.39 is 17.8 Å². The van der Waals surface area contributed by atoms with Gasteiger partial charge in [-0.15, -0.1) is 11.3 Å². The summed E-state index contributed by atoms with van der Waals surface area (Å²) >= 11 is 1.57. The first-order valence-corrected chi connectivity index (χ1v) is 10.6. The van der Waals surface area contributed by atoms with Gasteiger partial charge in [-0.25, -0.2) is 4.79 Å². The van der Waals surface area contributed by atoms with Crippen LogP contribution >= 0.6 is 11.3 Å². The molecular formula is C22H20N4O4S. The molecule has 0 radical (unpaired) electrons. The molecule has 1 aromatic carbocycles. The topological polar surface area (TPSA) is 101 Å². The van der Waals surface area contributed by atoms with Crippen molar-refractivity contribution >= 4 is 52.1 Å². The van der Waals surface area contributed by atoms with Gasteiger partial charge in [0.1, 0.15) is 12.1 Å². The molecule has 4 rings (SSSR count).